The summed E-state index contributed by atoms with van der Waals surface area (Å²) in [5, 5.41) is 7.47. The molecule has 0 radical (unpaired) electrons. The Morgan fingerprint density at radius 1 is 1.26 bits per heavy atom. The number of aryl methyl sites for hydroxylation is 2. The molecule has 1 N–H and O–H groups in total. The fraction of sp³-hybridized carbons (Fsp3) is 0.368. The molecule has 1 unspecified atom stereocenters. The molecule has 0 bridgehead atoms. The molecule has 0 spiro atoms. The van der Waals surface area contributed by atoms with E-state index in [1.165, 1.54) is 17.1 Å². The summed E-state index contributed by atoms with van der Waals surface area (Å²) in [4.78, 5) is 29.2. The van der Waals surface area contributed by atoms with E-state index in [1.54, 1.807) is 11.8 Å². The molecule has 3 rings (SSSR count). The molecule has 1 amide bonds. The van der Waals surface area contributed by atoms with Crippen LogP contribution in [0.4, 0.5) is 0 Å². The zero-order valence-electron chi connectivity index (χ0n) is 15.9. The quantitative estimate of drug-likeness (QED) is 0.708. The molecule has 1 atom stereocenters. The third-order valence-corrected chi connectivity index (χ3v) is 4.14. The molecule has 2 heterocycles. The van der Waals surface area contributed by atoms with Gasteiger partial charge in [-0.2, -0.15) is 5.10 Å². The van der Waals surface area contributed by atoms with E-state index >= 15 is 0 Å². The molecule has 8 nitrogen and oxygen atoms in total. The van der Waals surface area contributed by atoms with Crippen LogP contribution in [0.25, 0.3) is 16.7 Å². The monoisotopic (exact) mass is 369 g/mol. The predicted molar refractivity (Wildman–Crippen MR) is 102 cm³/mol. The molecule has 142 valence electrons. The number of ether oxygens (including phenoxy) is 1. The highest BCUT2D eigenvalue weighted by atomic mass is 16.5. The van der Waals surface area contributed by atoms with Gasteiger partial charge in [0.25, 0.3) is 5.56 Å². The van der Waals surface area contributed by atoms with Crippen molar-refractivity contribution < 1.29 is 9.53 Å². The van der Waals surface area contributed by atoms with Gasteiger partial charge < -0.3 is 10.1 Å². The van der Waals surface area contributed by atoms with Crippen molar-refractivity contribution in [2.75, 3.05) is 13.7 Å². The van der Waals surface area contributed by atoms with E-state index in [0.29, 0.717) is 17.6 Å². The first-order valence-corrected chi connectivity index (χ1v) is 8.69. The lowest BCUT2D eigenvalue weighted by atomic mass is 10.1. The van der Waals surface area contributed by atoms with Crippen molar-refractivity contribution in [1.82, 2.24) is 24.6 Å². The van der Waals surface area contributed by atoms with Crippen LogP contribution in [0.2, 0.25) is 0 Å². The first-order valence-electron chi connectivity index (χ1n) is 8.69. The number of hydrogen-bond donors (Lipinski definition) is 1. The van der Waals surface area contributed by atoms with Crippen molar-refractivity contribution in [2.45, 2.75) is 33.4 Å². The summed E-state index contributed by atoms with van der Waals surface area (Å²) in [5.74, 6) is -0.274. The lowest BCUT2D eigenvalue weighted by Crippen LogP contribution is -2.39. The number of rotatable bonds is 6. The van der Waals surface area contributed by atoms with Crippen molar-refractivity contribution in [3.05, 3.63) is 52.2 Å². The molecule has 0 aliphatic rings. The number of amides is 1. The van der Waals surface area contributed by atoms with E-state index in [-0.39, 0.29) is 24.1 Å². The summed E-state index contributed by atoms with van der Waals surface area (Å²) in [7, 11) is 1.57. The average Bonchev–Trinajstić information content (AvgIpc) is 3.01. The number of carbonyl (C=O) groups is 1. The summed E-state index contributed by atoms with van der Waals surface area (Å²) in [6.45, 7) is 6.14. The molecule has 0 fully saturated rings. The topological polar surface area (TPSA) is 91.0 Å². The molecule has 0 saturated heterocycles. The van der Waals surface area contributed by atoms with E-state index < -0.39 is 0 Å². The number of hydrogen-bond acceptors (Lipinski definition) is 5. The second kappa shape index (κ2) is 7.71. The zero-order chi connectivity index (χ0) is 19.6. The SMILES string of the molecule is COCC(C)NC(=O)Cn1cnc2c(cnn2-c2cc(C)cc(C)c2)c1=O. The summed E-state index contributed by atoms with van der Waals surface area (Å²) in [6, 6.07) is 5.90. The number of methoxy groups -OCH3 is 1. The number of nitrogens with zero attached hydrogens (tertiary/aromatic N) is 4. The van der Waals surface area contributed by atoms with Crippen LogP contribution in [0.3, 0.4) is 0 Å². The Bertz CT molecular complexity index is 1020. The maximum atomic E-state index is 12.7. The minimum Gasteiger partial charge on any atom is -0.383 e. The van der Waals surface area contributed by atoms with Gasteiger partial charge in [0, 0.05) is 13.2 Å². The lowest BCUT2D eigenvalue weighted by Gasteiger charge is -2.13. The Hall–Kier alpha value is -3.00. The highest BCUT2D eigenvalue weighted by Gasteiger charge is 2.14. The van der Waals surface area contributed by atoms with E-state index in [0.717, 1.165) is 16.8 Å². The van der Waals surface area contributed by atoms with Crippen LogP contribution in [0.5, 0.6) is 0 Å². The van der Waals surface area contributed by atoms with E-state index in [4.69, 9.17) is 4.74 Å². The summed E-state index contributed by atoms with van der Waals surface area (Å²) in [5.41, 5.74) is 3.21. The minimum absolute atomic E-state index is 0.107. The molecule has 1 aromatic carbocycles. The second-order valence-electron chi connectivity index (χ2n) is 6.74. The van der Waals surface area contributed by atoms with E-state index in [2.05, 4.69) is 21.5 Å². The number of nitrogens with one attached hydrogen (secondary N) is 1. The van der Waals surface area contributed by atoms with Gasteiger partial charge in [-0.25, -0.2) is 9.67 Å². The van der Waals surface area contributed by atoms with Gasteiger partial charge in [-0.1, -0.05) is 6.07 Å². The Labute approximate surface area is 156 Å². The predicted octanol–water partition coefficient (Wildman–Crippen LogP) is 1.35. The van der Waals surface area contributed by atoms with Crippen molar-refractivity contribution in [3.63, 3.8) is 0 Å². The van der Waals surface area contributed by atoms with Gasteiger partial charge in [-0.05, 0) is 44.0 Å². The van der Waals surface area contributed by atoms with Gasteiger partial charge in [0.05, 0.1) is 18.5 Å². The first kappa shape index (κ1) is 18.8. The van der Waals surface area contributed by atoms with Gasteiger partial charge in [-0.3, -0.25) is 14.2 Å². The number of fused-ring (bicyclic) bond motifs is 1. The van der Waals surface area contributed by atoms with Crippen LogP contribution in [-0.4, -0.2) is 45.0 Å². The standard InChI is InChI=1S/C19H23N5O3/c1-12-5-13(2)7-15(6-12)24-18-16(8-21-24)19(26)23(11-20-18)9-17(25)22-14(3)10-27-4/h5-8,11,14H,9-10H2,1-4H3,(H,22,25). The number of aromatic nitrogens is 4. The maximum absolute atomic E-state index is 12.7. The third-order valence-electron chi connectivity index (χ3n) is 4.14. The van der Waals surface area contributed by atoms with Gasteiger partial charge >= 0.3 is 0 Å². The van der Waals surface area contributed by atoms with Crippen molar-refractivity contribution >= 4 is 16.9 Å². The van der Waals surface area contributed by atoms with E-state index in [1.807, 2.05) is 32.9 Å². The average molecular weight is 369 g/mol. The highest BCUT2D eigenvalue weighted by molar-refractivity contribution is 5.78. The molecule has 2 aromatic heterocycles. The molecular weight excluding hydrogens is 346 g/mol. The largest absolute Gasteiger partial charge is 0.383 e. The van der Waals surface area contributed by atoms with Crippen LogP contribution in [0.15, 0.2) is 35.5 Å². The Kier molecular flexibility index (Phi) is 5.36. The van der Waals surface area contributed by atoms with Gasteiger partial charge in [0.2, 0.25) is 5.91 Å². The maximum Gasteiger partial charge on any atom is 0.264 e. The fourth-order valence-electron chi connectivity index (χ4n) is 3.09. The van der Waals surface area contributed by atoms with Crippen LogP contribution in [0, 0.1) is 13.8 Å². The Balaban J connectivity index is 1.91. The molecular formula is C19H23N5O3. The Morgan fingerprint density at radius 3 is 2.63 bits per heavy atom. The summed E-state index contributed by atoms with van der Waals surface area (Å²) in [6.07, 6.45) is 2.87. The highest BCUT2D eigenvalue weighted by Crippen LogP contribution is 2.16. The summed E-state index contributed by atoms with van der Waals surface area (Å²) < 4.78 is 7.91. The first-order chi connectivity index (χ1) is 12.9. The zero-order valence-corrected chi connectivity index (χ0v) is 15.9. The smallest absolute Gasteiger partial charge is 0.264 e. The van der Waals surface area contributed by atoms with E-state index in [9.17, 15) is 9.59 Å². The Morgan fingerprint density at radius 2 is 1.96 bits per heavy atom. The van der Waals surface area contributed by atoms with Gasteiger partial charge in [0.15, 0.2) is 5.65 Å². The normalized spacial score (nSPS) is 12.3. The van der Waals surface area contributed by atoms with Crippen molar-refractivity contribution in [1.29, 1.82) is 0 Å². The number of benzene rings is 1. The molecule has 3 aromatic rings. The summed E-state index contributed by atoms with van der Waals surface area (Å²) >= 11 is 0. The van der Waals surface area contributed by atoms with Crippen LogP contribution < -0.4 is 10.9 Å². The molecule has 27 heavy (non-hydrogen) atoms. The fourth-order valence-corrected chi connectivity index (χ4v) is 3.09. The molecule has 0 saturated carbocycles. The second-order valence-corrected chi connectivity index (χ2v) is 6.74. The van der Waals surface area contributed by atoms with Crippen LogP contribution >= 0.6 is 0 Å². The van der Waals surface area contributed by atoms with Crippen molar-refractivity contribution in [2.24, 2.45) is 0 Å². The molecule has 0 aliphatic carbocycles. The van der Waals surface area contributed by atoms with Crippen LogP contribution in [-0.2, 0) is 16.1 Å². The molecule has 0 aliphatic heterocycles. The molecule has 8 heteroatoms. The van der Waals surface area contributed by atoms with Gasteiger partial charge in [0.1, 0.15) is 18.3 Å². The van der Waals surface area contributed by atoms with Gasteiger partial charge in [-0.15, -0.1) is 0 Å². The lowest BCUT2D eigenvalue weighted by molar-refractivity contribution is -0.122. The van der Waals surface area contributed by atoms with Crippen LogP contribution in [0.1, 0.15) is 18.1 Å². The number of carbonyl (C=O) groups excluding carboxylic acids is 1. The third kappa shape index (κ3) is 4.06. The van der Waals surface area contributed by atoms with Crippen molar-refractivity contribution in [3.8, 4) is 5.69 Å². The minimum atomic E-state index is -0.301.